The highest BCUT2D eigenvalue weighted by Gasteiger charge is 2.21. The molecule has 0 spiro atoms. The third-order valence-electron chi connectivity index (χ3n) is 4.58. The van der Waals surface area contributed by atoms with Gasteiger partial charge < -0.3 is 19.1 Å². The van der Waals surface area contributed by atoms with Gasteiger partial charge in [0.2, 0.25) is 5.75 Å². The molecule has 3 rings (SSSR count). The summed E-state index contributed by atoms with van der Waals surface area (Å²) < 4.78 is 19.0. The molecule has 7 heteroatoms. The summed E-state index contributed by atoms with van der Waals surface area (Å²) in [5.41, 5.74) is 2.38. The Morgan fingerprint density at radius 1 is 0.968 bits per heavy atom. The van der Waals surface area contributed by atoms with E-state index in [0.29, 0.717) is 49.2 Å². The quantitative estimate of drug-likeness (QED) is 0.485. The molecule has 31 heavy (non-hydrogen) atoms. The summed E-state index contributed by atoms with van der Waals surface area (Å²) in [5, 5.41) is 4.40. The molecule has 1 aromatic heterocycles. The fourth-order valence-electron chi connectivity index (χ4n) is 3.24. The lowest BCUT2D eigenvalue weighted by Crippen LogP contribution is -2.26. The number of ether oxygens (including phenoxy) is 3. The van der Waals surface area contributed by atoms with Gasteiger partial charge in [0, 0.05) is 30.9 Å². The molecule has 0 aliphatic heterocycles. The van der Waals surface area contributed by atoms with E-state index in [2.05, 4.69) is 5.10 Å². The molecule has 0 N–H and O–H groups in total. The lowest BCUT2D eigenvalue weighted by molar-refractivity contribution is 0.0784. The van der Waals surface area contributed by atoms with E-state index >= 15 is 0 Å². The van der Waals surface area contributed by atoms with Crippen molar-refractivity contribution in [1.29, 1.82) is 0 Å². The summed E-state index contributed by atoms with van der Waals surface area (Å²) in [7, 11) is 1.76. The molecule has 164 valence electrons. The standard InChI is InChI=1S/C24H29N3O4/c1-5-29-21-13-19(14-22(30-6-2)23(21)31-7-3)24(28)26(4)16-18-15-25-27(17-18)20-11-9-8-10-12-20/h8-15,17H,5-7,16H2,1-4H3. The van der Waals surface area contributed by atoms with Crippen molar-refractivity contribution in [2.45, 2.75) is 27.3 Å². The molecule has 1 heterocycles. The average Bonchev–Trinajstić information content (AvgIpc) is 3.24. The van der Waals surface area contributed by atoms with Crippen LogP contribution >= 0.6 is 0 Å². The molecule has 0 radical (unpaired) electrons. The zero-order valence-corrected chi connectivity index (χ0v) is 18.5. The summed E-state index contributed by atoms with van der Waals surface area (Å²) >= 11 is 0. The van der Waals surface area contributed by atoms with Gasteiger partial charge in [-0.3, -0.25) is 4.79 Å². The molecule has 7 nitrogen and oxygen atoms in total. The average molecular weight is 424 g/mol. The van der Waals surface area contributed by atoms with Gasteiger partial charge in [0.05, 0.1) is 31.7 Å². The van der Waals surface area contributed by atoms with E-state index in [-0.39, 0.29) is 5.91 Å². The minimum atomic E-state index is -0.141. The van der Waals surface area contributed by atoms with Crippen molar-refractivity contribution in [2.75, 3.05) is 26.9 Å². The van der Waals surface area contributed by atoms with E-state index in [1.807, 2.05) is 57.3 Å². The lowest BCUT2D eigenvalue weighted by atomic mass is 10.1. The first-order valence-electron chi connectivity index (χ1n) is 10.5. The van der Waals surface area contributed by atoms with Gasteiger partial charge in [-0.15, -0.1) is 0 Å². The second kappa shape index (κ2) is 10.5. The van der Waals surface area contributed by atoms with Crippen LogP contribution in [0.1, 0.15) is 36.7 Å². The van der Waals surface area contributed by atoms with E-state index in [4.69, 9.17) is 14.2 Å². The number of para-hydroxylation sites is 1. The van der Waals surface area contributed by atoms with Crippen molar-refractivity contribution < 1.29 is 19.0 Å². The molecule has 2 aromatic carbocycles. The van der Waals surface area contributed by atoms with Gasteiger partial charge in [-0.2, -0.15) is 5.10 Å². The predicted molar refractivity (Wildman–Crippen MR) is 119 cm³/mol. The molecule has 0 saturated heterocycles. The molecule has 0 saturated carbocycles. The Balaban J connectivity index is 1.82. The number of hydrogen-bond donors (Lipinski definition) is 0. The SMILES string of the molecule is CCOc1cc(C(=O)N(C)Cc2cnn(-c3ccccc3)c2)cc(OCC)c1OCC. The molecule has 0 atom stereocenters. The van der Waals surface area contributed by atoms with Crippen LogP contribution < -0.4 is 14.2 Å². The van der Waals surface area contributed by atoms with Gasteiger partial charge in [0.1, 0.15) is 0 Å². The first kappa shape index (κ1) is 22.2. The van der Waals surface area contributed by atoms with E-state index < -0.39 is 0 Å². The monoisotopic (exact) mass is 423 g/mol. The Morgan fingerprint density at radius 2 is 1.58 bits per heavy atom. The number of aromatic nitrogens is 2. The molecular weight excluding hydrogens is 394 g/mol. The lowest BCUT2D eigenvalue weighted by Gasteiger charge is -2.20. The molecule has 0 aliphatic rings. The third kappa shape index (κ3) is 5.36. The Bertz CT molecular complexity index is 974. The Hall–Kier alpha value is -3.48. The van der Waals surface area contributed by atoms with E-state index in [1.54, 1.807) is 35.0 Å². The third-order valence-corrected chi connectivity index (χ3v) is 4.58. The van der Waals surface area contributed by atoms with Crippen LogP contribution in [0.3, 0.4) is 0 Å². The normalized spacial score (nSPS) is 10.6. The van der Waals surface area contributed by atoms with Gasteiger partial charge in [0.25, 0.3) is 5.91 Å². The number of rotatable bonds is 10. The Kier molecular flexibility index (Phi) is 7.54. The summed E-state index contributed by atoms with van der Waals surface area (Å²) in [6.07, 6.45) is 3.70. The number of hydrogen-bond acceptors (Lipinski definition) is 5. The van der Waals surface area contributed by atoms with Crippen molar-refractivity contribution >= 4 is 5.91 Å². The molecular formula is C24H29N3O4. The van der Waals surface area contributed by atoms with Crippen LogP contribution in [0.25, 0.3) is 5.69 Å². The maximum Gasteiger partial charge on any atom is 0.254 e. The molecule has 1 amide bonds. The number of carbonyl (C=O) groups excluding carboxylic acids is 1. The van der Waals surface area contributed by atoms with Crippen LogP contribution in [0, 0.1) is 0 Å². The van der Waals surface area contributed by atoms with Crippen molar-refractivity contribution in [3.8, 4) is 22.9 Å². The molecule has 0 bridgehead atoms. The first-order valence-corrected chi connectivity index (χ1v) is 10.5. The van der Waals surface area contributed by atoms with E-state index in [9.17, 15) is 4.79 Å². The molecule has 0 fully saturated rings. The van der Waals surface area contributed by atoms with Crippen molar-refractivity contribution in [3.05, 3.63) is 66.0 Å². The van der Waals surface area contributed by atoms with Crippen molar-refractivity contribution in [3.63, 3.8) is 0 Å². The van der Waals surface area contributed by atoms with Gasteiger partial charge in [-0.25, -0.2) is 4.68 Å². The first-order chi connectivity index (χ1) is 15.1. The van der Waals surface area contributed by atoms with E-state index in [0.717, 1.165) is 11.3 Å². The highest BCUT2D eigenvalue weighted by molar-refractivity contribution is 5.95. The maximum absolute atomic E-state index is 13.2. The summed E-state index contributed by atoms with van der Waals surface area (Å²) in [6.45, 7) is 7.48. The van der Waals surface area contributed by atoms with Crippen LogP contribution in [0.5, 0.6) is 17.2 Å². The van der Waals surface area contributed by atoms with Gasteiger partial charge >= 0.3 is 0 Å². The van der Waals surface area contributed by atoms with E-state index in [1.165, 1.54) is 0 Å². The zero-order valence-electron chi connectivity index (χ0n) is 18.5. The van der Waals surface area contributed by atoms with Gasteiger partial charge in [-0.05, 0) is 45.0 Å². The van der Waals surface area contributed by atoms with Gasteiger partial charge in [0.15, 0.2) is 11.5 Å². The highest BCUT2D eigenvalue weighted by Crippen LogP contribution is 2.39. The Labute approximate surface area is 183 Å². The summed E-state index contributed by atoms with van der Waals surface area (Å²) in [4.78, 5) is 14.8. The second-order valence-corrected chi connectivity index (χ2v) is 6.89. The summed E-state index contributed by atoms with van der Waals surface area (Å²) in [6, 6.07) is 13.3. The van der Waals surface area contributed by atoms with Gasteiger partial charge in [-0.1, -0.05) is 18.2 Å². The minimum Gasteiger partial charge on any atom is -0.490 e. The van der Waals surface area contributed by atoms with Crippen LogP contribution in [-0.2, 0) is 6.54 Å². The number of amides is 1. The summed E-state index contributed by atoms with van der Waals surface area (Å²) in [5.74, 6) is 1.39. The number of nitrogens with zero attached hydrogens (tertiary/aromatic N) is 3. The van der Waals surface area contributed by atoms with Crippen molar-refractivity contribution in [1.82, 2.24) is 14.7 Å². The molecule has 3 aromatic rings. The fourth-order valence-corrected chi connectivity index (χ4v) is 3.24. The molecule has 0 unspecified atom stereocenters. The highest BCUT2D eigenvalue weighted by atomic mass is 16.5. The van der Waals surface area contributed by atoms with Crippen LogP contribution in [0.2, 0.25) is 0 Å². The zero-order chi connectivity index (χ0) is 22.2. The second-order valence-electron chi connectivity index (χ2n) is 6.89. The molecule has 0 aliphatic carbocycles. The fraction of sp³-hybridized carbons (Fsp3) is 0.333. The van der Waals surface area contributed by atoms with Crippen LogP contribution in [0.15, 0.2) is 54.9 Å². The topological polar surface area (TPSA) is 65.8 Å². The smallest absolute Gasteiger partial charge is 0.254 e. The predicted octanol–water partition coefficient (Wildman–Crippen LogP) is 4.34. The maximum atomic E-state index is 13.2. The minimum absolute atomic E-state index is 0.141. The number of benzene rings is 2. The van der Waals surface area contributed by atoms with Crippen molar-refractivity contribution in [2.24, 2.45) is 0 Å². The van der Waals surface area contributed by atoms with Crippen LogP contribution in [-0.4, -0.2) is 47.5 Å². The largest absolute Gasteiger partial charge is 0.490 e. The Morgan fingerprint density at radius 3 is 2.16 bits per heavy atom. The van der Waals surface area contributed by atoms with Crippen LogP contribution in [0.4, 0.5) is 0 Å². The number of carbonyl (C=O) groups is 1.